The predicted octanol–water partition coefficient (Wildman–Crippen LogP) is 4.33. The number of rotatable bonds is 5. The lowest BCUT2D eigenvalue weighted by Gasteiger charge is -2.51. The molecule has 2 aromatic carbocycles. The van der Waals surface area contributed by atoms with Crippen molar-refractivity contribution in [2.24, 2.45) is 0 Å². The zero-order chi connectivity index (χ0) is 20.4. The number of para-hydroxylation sites is 1. The maximum absolute atomic E-state index is 13.1. The van der Waals surface area contributed by atoms with Crippen molar-refractivity contribution in [3.8, 4) is 0 Å². The second-order valence-electron chi connectivity index (χ2n) is 8.15. The van der Waals surface area contributed by atoms with E-state index >= 15 is 0 Å². The van der Waals surface area contributed by atoms with Crippen LogP contribution in [0.15, 0.2) is 60.7 Å². The van der Waals surface area contributed by atoms with E-state index in [2.05, 4.69) is 48.3 Å². The van der Waals surface area contributed by atoms with Crippen molar-refractivity contribution in [2.75, 3.05) is 4.90 Å². The van der Waals surface area contributed by atoms with E-state index in [0.29, 0.717) is 12.8 Å². The average Bonchev–Trinajstić information content (AvgIpc) is 2.99. The first-order valence-corrected chi connectivity index (χ1v) is 10.6. The van der Waals surface area contributed by atoms with Crippen LogP contribution in [0.1, 0.15) is 45.1 Å². The molecular formula is C24H29N3O2. The smallest absolute Gasteiger partial charge is 0.293 e. The van der Waals surface area contributed by atoms with Gasteiger partial charge in [-0.2, -0.15) is 0 Å². The molecule has 29 heavy (non-hydrogen) atoms. The number of likely N-dealkylation sites (tertiary alicyclic amines) is 1. The number of nitrogens with zero attached hydrogens (tertiary/aromatic N) is 2. The quantitative estimate of drug-likeness (QED) is 0.772. The normalized spacial score (nSPS) is 27.4. The molecule has 1 unspecified atom stereocenters. The summed E-state index contributed by atoms with van der Waals surface area (Å²) in [6.07, 6.45) is 3.18. The third-order valence-corrected chi connectivity index (χ3v) is 6.52. The summed E-state index contributed by atoms with van der Waals surface area (Å²) < 4.78 is 0. The molecular weight excluding hydrogens is 362 g/mol. The van der Waals surface area contributed by atoms with E-state index in [0.717, 1.165) is 25.1 Å². The first-order valence-electron chi connectivity index (χ1n) is 10.6. The minimum absolute atomic E-state index is 0.150. The summed E-state index contributed by atoms with van der Waals surface area (Å²) in [4.78, 5) is 30.2. The van der Waals surface area contributed by atoms with Crippen LogP contribution in [0.5, 0.6) is 0 Å². The molecule has 0 bridgehead atoms. The van der Waals surface area contributed by atoms with Crippen LogP contribution in [-0.2, 0) is 11.3 Å². The lowest BCUT2D eigenvalue weighted by Crippen LogP contribution is -2.63. The average molecular weight is 392 g/mol. The van der Waals surface area contributed by atoms with Crippen molar-refractivity contribution in [1.29, 1.82) is 0 Å². The number of benzene rings is 2. The second-order valence-corrected chi connectivity index (χ2v) is 8.15. The Morgan fingerprint density at radius 3 is 2.00 bits per heavy atom. The summed E-state index contributed by atoms with van der Waals surface area (Å²) in [5, 5.41) is 2.61. The molecule has 2 saturated heterocycles. The molecule has 1 N–H and O–H groups in total. The molecule has 4 rings (SSSR count). The van der Waals surface area contributed by atoms with Crippen molar-refractivity contribution in [3.05, 3.63) is 66.2 Å². The Hall–Kier alpha value is -2.66. The SMILES string of the molecule is CC[C@@H]1CC2(C[C@H](CC)N1Cc1ccccc1)C(=O)NC(=O)N2c1ccccc1. The number of amides is 3. The van der Waals surface area contributed by atoms with Gasteiger partial charge in [0, 0.05) is 24.3 Å². The number of anilines is 1. The summed E-state index contributed by atoms with van der Waals surface area (Å²) in [5.41, 5.74) is 1.26. The molecule has 0 aliphatic carbocycles. The van der Waals surface area contributed by atoms with E-state index in [9.17, 15) is 9.59 Å². The van der Waals surface area contributed by atoms with Gasteiger partial charge in [-0.25, -0.2) is 4.79 Å². The van der Waals surface area contributed by atoms with Gasteiger partial charge in [0.15, 0.2) is 0 Å². The minimum atomic E-state index is -0.813. The Morgan fingerprint density at radius 1 is 0.897 bits per heavy atom. The molecule has 1 spiro atoms. The standard InChI is InChI=1S/C24H29N3O2/c1-3-19-15-24(16-20(4-2)26(19)17-18-11-7-5-8-12-18)22(28)25-23(29)27(24)21-13-9-6-10-14-21/h5-14,19-20H,3-4,15-17H2,1-2H3,(H,25,28,29)/t19-,20+,24?. The van der Waals surface area contributed by atoms with E-state index in [1.54, 1.807) is 4.90 Å². The Labute approximate surface area is 172 Å². The van der Waals surface area contributed by atoms with Crippen LogP contribution < -0.4 is 10.2 Å². The van der Waals surface area contributed by atoms with Gasteiger partial charge in [0.25, 0.3) is 5.91 Å². The van der Waals surface area contributed by atoms with E-state index in [1.165, 1.54) is 5.56 Å². The van der Waals surface area contributed by atoms with Gasteiger partial charge in [-0.05, 0) is 43.4 Å². The first kappa shape index (κ1) is 19.6. The number of nitrogens with one attached hydrogen (secondary N) is 1. The molecule has 0 aromatic heterocycles. The van der Waals surface area contributed by atoms with Gasteiger partial charge in [-0.3, -0.25) is 19.9 Å². The van der Waals surface area contributed by atoms with Crippen LogP contribution in [0, 0.1) is 0 Å². The number of urea groups is 1. The number of hydrogen-bond acceptors (Lipinski definition) is 3. The van der Waals surface area contributed by atoms with Gasteiger partial charge < -0.3 is 0 Å². The van der Waals surface area contributed by atoms with Crippen LogP contribution >= 0.6 is 0 Å². The zero-order valence-corrected chi connectivity index (χ0v) is 17.2. The number of hydrogen-bond donors (Lipinski definition) is 1. The van der Waals surface area contributed by atoms with Crippen molar-refractivity contribution in [3.63, 3.8) is 0 Å². The molecule has 5 heteroatoms. The molecule has 3 atom stereocenters. The summed E-state index contributed by atoms with van der Waals surface area (Å²) in [6, 6.07) is 20.3. The van der Waals surface area contributed by atoms with Gasteiger partial charge >= 0.3 is 6.03 Å². The summed E-state index contributed by atoms with van der Waals surface area (Å²) in [7, 11) is 0. The van der Waals surface area contributed by atoms with Gasteiger partial charge in [0.05, 0.1) is 0 Å². The number of imide groups is 1. The van der Waals surface area contributed by atoms with Crippen LogP contribution in [0.2, 0.25) is 0 Å². The molecule has 5 nitrogen and oxygen atoms in total. The third kappa shape index (κ3) is 3.44. The number of carbonyl (C=O) groups excluding carboxylic acids is 2. The maximum atomic E-state index is 13.1. The van der Waals surface area contributed by atoms with Crippen LogP contribution in [0.3, 0.4) is 0 Å². The fourth-order valence-corrected chi connectivity index (χ4v) is 5.08. The summed E-state index contributed by atoms with van der Waals surface area (Å²) in [5.74, 6) is -0.150. The minimum Gasteiger partial charge on any atom is -0.293 e. The van der Waals surface area contributed by atoms with Crippen molar-refractivity contribution >= 4 is 17.6 Å². The predicted molar refractivity (Wildman–Crippen MR) is 115 cm³/mol. The molecule has 0 saturated carbocycles. The van der Waals surface area contributed by atoms with Crippen LogP contribution in [0.4, 0.5) is 10.5 Å². The fraction of sp³-hybridized carbons (Fsp3) is 0.417. The lowest BCUT2D eigenvalue weighted by molar-refractivity contribution is -0.127. The van der Waals surface area contributed by atoms with Gasteiger partial charge in [-0.15, -0.1) is 0 Å². The zero-order valence-electron chi connectivity index (χ0n) is 17.2. The number of piperidine rings is 1. The highest BCUT2D eigenvalue weighted by atomic mass is 16.2. The highest BCUT2D eigenvalue weighted by Gasteiger charge is 2.58. The molecule has 2 fully saturated rings. The van der Waals surface area contributed by atoms with E-state index in [1.807, 2.05) is 36.4 Å². The van der Waals surface area contributed by atoms with Gasteiger partial charge in [-0.1, -0.05) is 62.4 Å². The molecule has 2 aliphatic heterocycles. The largest absolute Gasteiger partial charge is 0.329 e. The monoisotopic (exact) mass is 391 g/mol. The molecule has 3 amide bonds. The maximum Gasteiger partial charge on any atom is 0.329 e. The van der Waals surface area contributed by atoms with Crippen molar-refractivity contribution in [2.45, 2.75) is 63.7 Å². The van der Waals surface area contributed by atoms with E-state index < -0.39 is 5.54 Å². The van der Waals surface area contributed by atoms with Crippen LogP contribution in [0.25, 0.3) is 0 Å². The Balaban J connectivity index is 1.70. The molecule has 2 heterocycles. The Morgan fingerprint density at radius 2 is 1.45 bits per heavy atom. The second kappa shape index (κ2) is 7.99. The topological polar surface area (TPSA) is 52.7 Å². The first-order chi connectivity index (χ1) is 14.1. The number of carbonyl (C=O) groups is 2. The van der Waals surface area contributed by atoms with Gasteiger partial charge in [0.2, 0.25) is 0 Å². The molecule has 2 aromatic rings. The summed E-state index contributed by atoms with van der Waals surface area (Å²) >= 11 is 0. The molecule has 0 radical (unpaired) electrons. The highest BCUT2D eigenvalue weighted by Crippen LogP contribution is 2.43. The highest BCUT2D eigenvalue weighted by molar-refractivity contribution is 6.17. The Kier molecular flexibility index (Phi) is 5.41. The Bertz CT molecular complexity index is 854. The third-order valence-electron chi connectivity index (χ3n) is 6.52. The van der Waals surface area contributed by atoms with Crippen molar-refractivity contribution in [1.82, 2.24) is 10.2 Å². The van der Waals surface area contributed by atoms with E-state index in [-0.39, 0.29) is 24.0 Å². The van der Waals surface area contributed by atoms with Crippen molar-refractivity contribution < 1.29 is 9.59 Å². The molecule has 152 valence electrons. The molecule has 2 aliphatic rings. The van der Waals surface area contributed by atoms with Gasteiger partial charge in [0.1, 0.15) is 5.54 Å². The van der Waals surface area contributed by atoms with Crippen LogP contribution in [-0.4, -0.2) is 34.5 Å². The van der Waals surface area contributed by atoms with E-state index in [4.69, 9.17) is 0 Å². The summed E-state index contributed by atoms with van der Waals surface area (Å²) in [6.45, 7) is 5.22. The fourth-order valence-electron chi connectivity index (χ4n) is 5.08. The lowest BCUT2D eigenvalue weighted by atomic mass is 9.76.